The van der Waals surface area contributed by atoms with Crippen LogP contribution in [0.5, 0.6) is 0 Å². The zero-order valence-corrected chi connectivity index (χ0v) is 9.85. The number of hydrogen-bond donors (Lipinski definition) is 1. The summed E-state index contributed by atoms with van der Waals surface area (Å²) in [5.74, 6) is 0.363. The van der Waals surface area contributed by atoms with Gasteiger partial charge in [-0.05, 0) is 16.7 Å². The van der Waals surface area contributed by atoms with Gasteiger partial charge in [-0.25, -0.2) is 0 Å². The molecule has 0 radical (unpaired) electrons. The van der Waals surface area contributed by atoms with Crippen molar-refractivity contribution in [3.05, 3.63) is 29.5 Å². The molecular weight excluding hydrogens is 238 g/mol. The topological polar surface area (TPSA) is 72.7 Å². The molecule has 2 aromatic heterocycles. The van der Waals surface area contributed by atoms with Gasteiger partial charge >= 0.3 is 0 Å². The first kappa shape index (κ1) is 11.5. The van der Waals surface area contributed by atoms with Crippen molar-refractivity contribution in [2.75, 3.05) is 6.54 Å². The lowest BCUT2D eigenvalue weighted by Gasteiger charge is -1.99. The van der Waals surface area contributed by atoms with Gasteiger partial charge in [-0.3, -0.25) is 4.79 Å². The van der Waals surface area contributed by atoms with Gasteiger partial charge in [-0.15, -0.1) is 16.8 Å². The second-order valence-electron chi connectivity index (χ2n) is 3.25. The molecule has 2 aromatic rings. The van der Waals surface area contributed by atoms with Crippen LogP contribution in [0.15, 0.2) is 29.5 Å². The summed E-state index contributed by atoms with van der Waals surface area (Å²) in [5, 5.41) is 18.3. The highest BCUT2D eigenvalue weighted by atomic mass is 32.1. The van der Waals surface area contributed by atoms with Gasteiger partial charge in [0.25, 0.3) is 0 Å². The molecule has 1 amide bonds. The Balaban J connectivity index is 1.99. The summed E-state index contributed by atoms with van der Waals surface area (Å²) in [6.45, 7) is 4.01. The maximum atomic E-state index is 11.4. The lowest BCUT2D eigenvalue weighted by atomic mass is 10.3. The van der Waals surface area contributed by atoms with E-state index in [1.54, 1.807) is 17.4 Å². The van der Waals surface area contributed by atoms with Crippen LogP contribution in [-0.2, 0) is 11.3 Å². The Hall–Kier alpha value is -2.02. The van der Waals surface area contributed by atoms with Crippen molar-refractivity contribution in [2.45, 2.75) is 6.54 Å². The SMILES string of the molecule is C=CCNC(=O)Cn1nnc(-c2ccsc2)n1. The zero-order valence-electron chi connectivity index (χ0n) is 9.04. The molecule has 17 heavy (non-hydrogen) atoms. The highest BCUT2D eigenvalue weighted by molar-refractivity contribution is 7.08. The third-order valence-corrected chi connectivity index (χ3v) is 2.64. The Kier molecular flexibility index (Phi) is 3.61. The second-order valence-corrected chi connectivity index (χ2v) is 4.03. The fraction of sp³-hybridized carbons (Fsp3) is 0.200. The van der Waals surface area contributed by atoms with Crippen LogP contribution in [0.2, 0.25) is 0 Å². The zero-order chi connectivity index (χ0) is 12.1. The number of carbonyl (C=O) groups is 1. The van der Waals surface area contributed by atoms with Crippen LogP contribution in [0.25, 0.3) is 11.4 Å². The van der Waals surface area contributed by atoms with Crippen LogP contribution >= 0.6 is 11.3 Å². The van der Waals surface area contributed by atoms with E-state index in [1.165, 1.54) is 4.80 Å². The molecule has 0 saturated carbocycles. The van der Waals surface area contributed by atoms with E-state index in [4.69, 9.17) is 0 Å². The quantitative estimate of drug-likeness (QED) is 0.792. The molecule has 0 atom stereocenters. The van der Waals surface area contributed by atoms with Crippen LogP contribution in [0, 0.1) is 0 Å². The third-order valence-electron chi connectivity index (χ3n) is 1.96. The van der Waals surface area contributed by atoms with Crippen molar-refractivity contribution < 1.29 is 4.79 Å². The van der Waals surface area contributed by atoms with Crippen LogP contribution < -0.4 is 5.32 Å². The highest BCUT2D eigenvalue weighted by Crippen LogP contribution is 2.16. The summed E-state index contributed by atoms with van der Waals surface area (Å²) in [4.78, 5) is 12.7. The Morgan fingerprint density at radius 1 is 1.65 bits per heavy atom. The molecule has 2 heterocycles. The van der Waals surface area contributed by atoms with Gasteiger partial charge in [0.05, 0.1) is 0 Å². The maximum Gasteiger partial charge on any atom is 0.243 e. The van der Waals surface area contributed by atoms with E-state index in [0.717, 1.165) is 5.56 Å². The van der Waals surface area contributed by atoms with E-state index in [9.17, 15) is 4.79 Å². The summed E-state index contributed by atoms with van der Waals surface area (Å²) in [6, 6.07) is 1.91. The molecular formula is C10H11N5OS. The molecule has 7 heteroatoms. The van der Waals surface area contributed by atoms with Crippen molar-refractivity contribution in [3.8, 4) is 11.4 Å². The van der Waals surface area contributed by atoms with E-state index < -0.39 is 0 Å². The summed E-state index contributed by atoms with van der Waals surface area (Å²) in [5.41, 5.74) is 0.910. The first-order valence-electron chi connectivity index (χ1n) is 4.97. The minimum Gasteiger partial charge on any atom is -0.351 e. The van der Waals surface area contributed by atoms with E-state index in [1.807, 2.05) is 16.8 Å². The number of aromatic nitrogens is 4. The number of rotatable bonds is 5. The van der Waals surface area contributed by atoms with Gasteiger partial charge in [0.15, 0.2) is 0 Å². The standard InChI is InChI=1S/C10H11N5OS/c1-2-4-11-9(16)6-15-13-10(12-14-15)8-3-5-17-7-8/h2-3,5,7H,1,4,6H2,(H,11,16). The van der Waals surface area contributed by atoms with Gasteiger partial charge in [0, 0.05) is 17.5 Å². The molecule has 2 rings (SSSR count). The summed E-state index contributed by atoms with van der Waals surface area (Å²) >= 11 is 1.56. The van der Waals surface area contributed by atoms with Crippen molar-refractivity contribution in [2.24, 2.45) is 0 Å². The lowest BCUT2D eigenvalue weighted by Crippen LogP contribution is -2.28. The summed E-state index contributed by atoms with van der Waals surface area (Å²) < 4.78 is 0. The van der Waals surface area contributed by atoms with E-state index in [0.29, 0.717) is 12.4 Å². The molecule has 88 valence electrons. The average molecular weight is 249 g/mol. The van der Waals surface area contributed by atoms with Crippen LogP contribution in [0.1, 0.15) is 0 Å². The van der Waals surface area contributed by atoms with Crippen molar-refractivity contribution in [1.29, 1.82) is 0 Å². The molecule has 0 spiro atoms. The monoisotopic (exact) mass is 249 g/mol. The van der Waals surface area contributed by atoms with E-state index >= 15 is 0 Å². The van der Waals surface area contributed by atoms with Crippen LogP contribution in [0.4, 0.5) is 0 Å². The molecule has 6 nitrogen and oxygen atoms in total. The van der Waals surface area contributed by atoms with Gasteiger partial charge in [0.2, 0.25) is 11.7 Å². The fourth-order valence-electron chi connectivity index (χ4n) is 1.19. The van der Waals surface area contributed by atoms with Crippen LogP contribution in [0.3, 0.4) is 0 Å². The second kappa shape index (κ2) is 5.35. The predicted octanol–water partition coefficient (Wildman–Crippen LogP) is 0.704. The van der Waals surface area contributed by atoms with Gasteiger partial charge in [0.1, 0.15) is 6.54 Å². The maximum absolute atomic E-state index is 11.4. The number of nitrogens with zero attached hydrogens (tertiary/aromatic N) is 4. The number of hydrogen-bond acceptors (Lipinski definition) is 5. The number of thiophene rings is 1. The minimum absolute atomic E-state index is 0.0605. The largest absolute Gasteiger partial charge is 0.351 e. The molecule has 1 N–H and O–H groups in total. The van der Waals surface area contributed by atoms with E-state index in [-0.39, 0.29) is 12.5 Å². The molecule has 0 fully saturated rings. The molecule has 0 aromatic carbocycles. The van der Waals surface area contributed by atoms with Crippen molar-refractivity contribution >= 4 is 17.2 Å². The molecule has 0 unspecified atom stereocenters. The fourth-order valence-corrected chi connectivity index (χ4v) is 1.82. The number of tetrazole rings is 1. The lowest BCUT2D eigenvalue weighted by molar-refractivity contribution is -0.121. The number of amides is 1. The van der Waals surface area contributed by atoms with Crippen molar-refractivity contribution in [3.63, 3.8) is 0 Å². The molecule has 0 aliphatic heterocycles. The number of nitrogens with one attached hydrogen (secondary N) is 1. The minimum atomic E-state index is -0.167. The average Bonchev–Trinajstić information content (AvgIpc) is 2.95. The molecule has 0 saturated heterocycles. The number of carbonyl (C=O) groups excluding carboxylic acids is 1. The van der Waals surface area contributed by atoms with Gasteiger partial charge in [-0.2, -0.15) is 16.1 Å². The Morgan fingerprint density at radius 2 is 2.53 bits per heavy atom. The highest BCUT2D eigenvalue weighted by Gasteiger charge is 2.08. The Bertz CT molecular complexity index is 505. The normalized spacial score (nSPS) is 10.1. The predicted molar refractivity (Wildman–Crippen MR) is 64.3 cm³/mol. The van der Waals surface area contributed by atoms with E-state index in [2.05, 4.69) is 27.3 Å². The molecule has 0 bridgehead atoms. The van der Waals surface area contributed by atoms with Gasteiger partial charge < -0.3 is 5.32 Å². The summed E-state index contributed by atoms with van der Waals surface area (Å²) in [7, 11) is 0. The van der Waals surface area contributed by atoms with Crippen molar-refractivity contribution in [1.82, 2.24) is 25.5 Å². The van der Waals surface area contributed by atoms with Crippen LogP contribution in [-0.4, -0.2) is 32.7 Å². The first-order valence-corrected chi connectivity index (χ1v) is 5.92. The Labute approximate surface area is 102 Å². The van der Waals surface area contributed by atoms with Gasteiger partial charge in [-0.1, -0.05) is 6.08 Å². The summed E-state index contributed by atoms with van der Waals surface area (Å²) in [6.07, 6.45) is 1.61. The smallest absolute Gasteiger partial charge is 0.243 e. The third kappa shape index (κ3) is 2.97. The first-order chi connectivity index (χ1) is 8.29. The molecule has 0 aliphatic rings. The Morgan fingerprint density at radius 3 is 3.24 bits per heavy atom. The molecule has 0 aliphatic carbocycles.